The van der Waals surface area contributed by atoms with Crippen LogP contribution in [0.15, 0.2) is 36.4 Å². The Balaban J connectivity index is 1.53. The third kappa shape index (κ3) is 22.0. The molecule has 0 N–H and O–H groups in total. The Morgan fingerprint density at radius 1 is 0.221 bits per heavy atom. The van der Waals surface area contributed by atoms with E-state index in [0.717, 1.165) is 70.2 Å². The largest absolute Gasteiger partial charge is 0.489 e. The lowest BCUT2D eigenvalue weighted by atomic mass is 9.91. The van der Waals surface area contributed by atoms with Gasteiger partial charge in [-0.2, -0.15) is 0 Å². The molecule has 4 nitrogen and oxygen atoms in total. The molecule has 0 aliphatic heterocycles. The van der Waals surface area contributed by atoms with E-state index in [1.54, 1.807) is 0 Å². The van der Waals surface area contributed by atoms with Crippen molar-refractivity contribution in [3.8, 4) is 23.0 Å². The standard InChI is InChI=1S/C64H106O4/c1-5-9-13-17-21-25-29-33-37-41-51-65-61-55-47-45-49-57-59(55)60-56(62(61)66-52-42-38-34-30-26-22-18-14-10-6-2)48-46-50-58(60)64(68-54-44-40-36-32-28-24-20-16-12-8-4)63(57)67-53-43-39-35-31-27-23-19-15-11-7-3/h45-50H,5-44,51-54H2,1-4H3. The zero-order chi connectivity index (χ0) is 48.0. The summed E-state index contributed by atoms with van der Waals surface area (Å²) < 4.78 is 27.9. The van der Waals surface area contributed by atoms with Crippen LogP contribution in [-0.2, 0) is 0 Å². The van der Waals surface area contributed by atoms with E-state index >= 15 is 0 Å². The first-order valence-electron chi connectivity index (χ1n) is 30.0. The Bertz CT molecular complexity index is 1530. The minimum atomic E-state index is 0.709. The second-order valence-electron chi connectivity index (χ2n) is 20.9. The quantitative estimate of drug-likeness (QED) is 0.0327. The molecule has 0 fully saturated rings. The highest BCUT2D eigenvalue weighted by Crippen LogP contribution is 2.53. The number of hydrogen-bond acceptors (Lipinski definition) is 4. The highest BCUT2D eigenvalue weighted by Gasteiger charge is 2.26. The minimum Gasteiger partial charge on any atom is -0.489 e. The van der Waals surface area contributed by atoms with Crippen molar-refractivity contribution in [2.24, 2.45) is 0 Å². The molecule has 0 spiro atoms. The van der Waals surface area contributed by atoms with Gasteiger partial charge in [0.25, 0.3) is 0 Å². The Hall–Kier alpha value is -2.88. The third-order valence-corrected chi connectivity index (χ3v) is 14.7. The maximum Gasteiger partial charge on any atom is 0.169 e. The summed E-state index contributed by atoms with van der Waals surface area (Å²) in [6.45, 7) is 12.0. The van der Waals surface area contributed by atoms with Crippen LogP contribution in [0.4, 0.5) is 0 Å². The molecule has 0 aliphatic rings. The first-order valence-corrected chi connectivity index (χ1v) is 30.0. The molecule has 4 heteroatoms. The normalized spacial score (nSPS) is 11.8. The van der Waals surface area contributed by atoms with Gasteiger partial charge in [0.2, 0.25) is 0 Å². The van der Waals surface area contributed by atoms with Crippen molar-refractivity contribution >= 4 is 32.3 Å². The van der Waals surface area contributed by atoms with Crippen molar-refractivity contribution < 1.29 is 18.9 Å². The van der Waals surface area contributed by atoms with E-state index in [9.17, 15) is 0 Å². The fourth-order valence-corrected chi connectivity index (χ4v) is 10.5. The summed E-state index contributed by atoms with van der Waals surface area (Å²) in [5.41, 5.74) is 0. The predicted molar refractivity (Wildman–Crippen MR) is 300 cm³/mol. The molecule has 0 saturated heterocycles. The van der Waals surface area contributed by atoms with E-state index < -0.39 is 0 Å². The van der Waals surface area contributed by atoms with Crippen LogP contribution in [0, 0.1) is 0 Å². The van der Waals surface area contributed by atoms with Crippen LogP contribution >= 0.6 is 0 Å². The monoisotopic (exact) mass is 939 g/mol. The Kier molecular flexibility index (Phi) is 32.9. The molecular formula is C64H106O4. The van der Waals surface area contributed by atoms with Crippen molar-refractivity contribution in [1.82, 2.24) is 0 Å². The number of benzene rings is 4. The molecule has 386 valence electrons. The van der Waals surface area contributed by atoms with E-state index in [1.807, 2.05) is 0 Å². The number of rotatable bonds is 48. The van der Waals surface area contributed by atoms with Crippen LogP contribution < -0.4 is 18.9 Å². The summed E-state index contributed by atoms with van der Waals surface area (Å²) in [6.07, 6.45) is 52.6. The highest BCUT2D eigenvalue weighted by molar-refractivity contribution is 6.29. The van der Waals surface area contributed by atoms with Gasteiger partial charge in [0.1, 0.15) is 0 Å². The summed E-state index contributed by atoms with van der Waals surface area (Å²) >= 11 is 0. The van der Waals surface area contributed by atoms with Gasteiger partial charge in [0, 0.05) is 32.3 Å². The maximum atomic E-state index is 6.97. The molecule has 0 unspecified atom stereocenters. The zero-order valence-electron chi connectivity index (χ0n) is 45.2. The molecule has 4 aromatic carbocycles. The summed E-state index contributed by atoms with van der Waals surface area (Å²) in [4.78, 5) is 0. The first kappa shape index (κ1) is 57.7. The van der Waals surface area contributed by atoms with Gasteiger partial charge in [0.05, 0.1) is 26.4 Å². The van der Waals surface area contributed by atoms with Crippen LogP contribution in [-0.4, -0.2) is 26.4 Å². The summed E-state index contributed by atoms with van der Waals surface area (Å²) in [5, 5.41) is 7.02. The number of ether oxygens (including phenoxy) is 4. The second-order valence-corrected chi connectivity index (χ2v) is 20.9. The lowest BCUT2D eigenvalue weighted by molar-refractivity contribution is 0.262. The van der Waals surface area contributed by atoms with Gasteiger partial charge in [0.15, 0.2) is 23.0 Å². The topological polar surface area (TPSA) is 36.9 Å². The second kappa shape index (κ2) is 38.8. The fourth-order valence-electron chi connectivity index (χ4n) is 10.5. The van der Waals surface area contributed by atoms with Gasteiger partial charge >= 0.3 is 0 Å². The molecular weight excluding hydrogens is 833 g/mol. The maximum absolute atomic E-state index is 6.97. The molecule has 4 rings (SSSR count). The van der Waals surface area contributed by atoms with Gasteiger partial charge in [-0.15, -0.1) is 0 Å². The van der Waals surface area contributed by atoms with Crippen molar-refractivity contribution in [2.75, 3.05) is 26.4 Å². The van der Waals surface area contributed by atoms with Crippen molar-refractivity contribution in [2.45, 2.75) is 285 Å². The van der Waals surface area contributed by atoms with Crippen LogP contribution in [0.25, 0.3) is 32.3 Å². The number of unbranched alkanes of at least 4 members (excludes halogenated alkanes) is 36. The van der Waals surface area contributed by atoms with Gasteiger partial charge < -0.3 is 18.9 Å². The number of hydrogen-bond donors (Lipinski definition) is 0. The Morgan fingerprint density at radius 2 is 0.382 bits per heavy atom. The molecule has 0 amide bonds. The van der Waals surface area contributed by atoms with Crippen LogP contribution in [0.3, 0.4) is 0 Å². The Morgan fingerprint density at radius 3 is 0.559 bits per heavy atom. The molecule has 0 saturated carbocycles. The molecule has 0 atom stereocenters. The average Bonchev–Trinajstić information content (AvgIpc) is 3.36. The first-order chi connectivity index (χ1) is 33.8. The van der Waals surface area contributed by atoms with Crippen LogP contribution in [0.1, 0.15) is 285 Å². The lowest BCUT2D eigenvalue weighted by Gasteiger charge is -2.24. The summed E-state index contributed by atoms with van der Waals surface area (Å²) in [5.74, 6) is 3.66. The molecule has 4 aromatic rings. The molecule has 0 heterocycles. The summed E-state index contributed by atoms with van der Waals surface area (Å²) in [7, 11) is 0. The van der Waals surface area contributed by atoms with Gasteiger partial charge in [-0.1, -0.05) is 295 Å². The lowest BCUT2D eigenvalue weighted by Crippen LogP contribution is -2.07. The van der Waals surface area contributed by atoms with Crippen LogP contribution in [0.2, 0.25) is 0 Å². The predicted octanol–water partition coefficient (Wildman–Crippen LogP) is 21.8. The summed E-state index contributed by atoms with van der Waals surface area (Å²) in [6, 6.07) is 13.5. The Labute approximate surface area is 419 Å². The van der Waals surface area contributed by atoms with Crippen molar-refractivity contribution in [3.63, 3.8) is 0 Å². The SMILES string of the molecule is CCCCCCCCCCCCOc1c(OCCCCCCCCCCCC)c2cccc3c(OCCCCCCCCCCCC)c(OCCCCCCCCCCCC)c4cccc1c4c23. The van der Waals surface area contributed by atoms with E-state index in [1.165, 1.54) is 242 Å². The van der Waals surface area contributed by atoms with Gasteiger partial charge in [-0.3, -0.25) is 0 Å². The van der Waals surface area contributed by atoms with E-state index in [2.05, 4.69) is 64.1 Å². The fraction of sp³-hybridized carbons (Fsp3) is 0.750. The third-order valence-electron chi connectivity index (χ3n) is 14.7. The van der Waals surface area contributed by atoms with Crippen molar-refractivity contribution in [3.05, 3.63) is 36.4 Å². The van der Waals surface area contributed by atoms with Gasteiger partial charge in [-0.25, -0.2) is 0 Å². The average molecular weight is 940 g/mol. The molecule has 0 aromatic heterocycles. The zero-order valence-corrected chi connectivity index (χ0v) is 45.2. The molecule has 0 aliphatic carbocycles. The molecule has 68 heavy (non-hydrogen) atoms. The highest BCUT2D eigenvalue weighted by atomic mass is 16.5. The molecule has 0 radical (unpaired) electrons. The van der Waals surface area contributed by atoms with E-state index in [0.29, 0.717) is 26.4 Å². The van der Waals surface area contributed by atoms with Gasteiger partial charge in [-0.05, 0) is 25.7 Å². The molecule has 0 bridgehead atoms. The smallest absolute Gasteiger partial charge is 0.169 e. The minimum absolute atomic E-state index is 0.709. The van der Waals surface area contributed by atoms with Crippen LogP contribution in [0.5, 0.6) is 23.0 Å². The van der Waals surface area contributed by atoms with E-state index in [4.69, 9.17) is 18.9 Å². The van der Waals surface area contributed by atoms with Crippen molar-refractivity contribution in [1.29, 1.82) is 0 Å². The van der Waals surface area contributed by atoms with E-state index in [-0.39, 0.29) is 0 Å².